The van der Waals surface area contributed by atoms with E-state index >= 15 is 0 Å². The minimum Gasteiger partial charge on any atom is -0.240 e. The second-order valence-corrected chi connectivity index (χ2v) is 4.55. The average Bonchev–Trinajstić information content (AvgIpc) is 2.65. The lowest BCUT2D eigenvalue weighted by Crippen LogP contribution is -1.98. The molecule has 0 aliphatic rings. The smallest absolute Gasteiger partial charge is 0.0700 e. The Labute approximate surface area is 102 Å². The zero-order valence-corrected chi connectivity index (χ0v) is 10.6. The van der Waals surface area contributed by atoms with Crippen molar-refractivity contribution < 1.29 is 0 Å². The molecule has 0 amide bonds. The van der Waals surface area contributed by atoms with Gasteiger partial charge in [-0.2, -0.15) is 5.10 Å². The molecule has 0 aliphatic heterocycles. The molecule has 0 N–H and O–H groups in total. The molecule has 2 nitrogen and oxygen atoms in total. The van der Waals surface area contributed by atoms with E-state index in [1.807, 2.05) is 42.2 Å². The molecule has 0 atom stereocenters. The molecule has 0 spiro atoms. The van der Waals surface area contributed by atoms with Crippen LogP contribution in [0.4, 0.5) is 0 Å². The second-order valence-electron chi connectivity index (χ2n) is 3.37. The van der Waals surface area contributed by atoms with Crippen LogP contribution in [0, 0.1) is 6.92 Å². The highest BCUT2D eigenvalue weighted by Gasteiger charge is 2.05. The number of aryl methyl sites for hydroxylation is 1. The number of aromatic nitrogens is 2. The molecule has 15 heavy (non-hydrogen) atoms. The largest absolute Gasteiger partial charge is 0.240 e. The van der Waals surface area contributed by atoms with Gasteiger partial charge in [0.2, 0.25) is 0 Å². The summed E-state index contributed by atoms with van der Waals surface area (Å²) in [6.45, 7) is 2.02. The Morgan fingerprint density at radius 3 is 2.87 bits per heavy atom. The molecule has 1 aromatic carbocycles. The Morgan fingerprint density at radius 2 is 2.27 bits per heavy atom. The summed E-state index contributed by atoms with van der Waals surface area (Å²) in [4.78, 5) is 0. The lowest BCUT2D eigenvalue weighted by atomic mass is 10.2. The maximum absolute atomic E-state index is 5.88. The first-order valence-corrected chi connectivity index (χ1v) is 5.89. The molecular formula is C11H10BrClN2. The van der Waals surface area contributed by atoms with Crippen LogP contribution in [0.25, 0.3) is 5.69 Å². The standard InChI is InChI=1S/C11H10BrClN2/c1-8-6-14-15(7-8)11-4-10(12)3-2-9(11)5-13/h2-4,6-7H,5H2,1H3. The molecule has 0 radical (unpaired) electrons. The summed E-state index contributed by atoms with van der Waals surface area (Å²) in [5, 5.41) is 4.27. The second kappa shape index (κ2) is 4.37. The van der Waals surface area contributed by atoms with Crippen molar-refractivity contribution in [2.24, 2.45) is 0 Å². The zero-order valence-electron chi connectivity index (χ0n) is 8.24. The van der Waals surface area contributed by atoms with Gasteiger partial charge in [0.1, 0.15) is 0 Å². The van der Waals surface area contributed by atoms with Crippen molar-refractivity contribution in [1.29, 1.82) is 0 Å². The molecule has 2 rings (SSSR count). The first-order chi connectivity index (χ1) is 7.20. The van der Waals surface area contributed by atoms with Crippen molar-refractivity contribution in [3.63, 3.8) is 0 Å². The number of hydrogen-bond acceptors (Lipinski definition) is 1. The normalized spacial score (nSPS) is 10.6. The van der Waals surface area contributed by atoms with Crippen LogP contribution in [0.2, 0.25) is 0 Å². The highest BCUT2D eigenvalue weighted by atomic mass is 79.9. The predicted molar refractivity (Wildman–Crippen MR) is 65.6 cm³/mol. The summed E-state index contributed by atoms with van der Waals surface area (Å²) >= 11 is 9.33. The van der Waals surface area contributed by atoms with Gasteiger partial charge in [0, 0.05) is 16.5 Å². The highest BCUT2D eigenvalue weighted by Crippen LogP contribution is 2.21. The maximum atomic E-state index is 5.88. The molecule has 0 unspecified atom stereocenters. The number of hydrogen-bond donors (Lipinski definition) is 0. The number of nitrogens with zero attached hydrogens (tertiary/aromatic N) is 2. The third-order valence-electron chi connectivity index (χ3n) is 2.15. The van der Waals surface area contributed by atoms with Gasteiger partial charge in [-0.05, 0) is 30.2 Å². The van der Waals surface area contributed by atoms with Crippen LogP contribution in [-0.4, -0.2) is 9.78 Å². The summed E-state index contributed by atoms with van der Waals surface area (Å²) < 4.78 is 2.87. The fourth-order valence-electron chi connectivity index (χ4n) is 1.41. The molecule has 0 saturated carbocycles. The lowest BCUT2D eigenvalue weighted by molar-refractivity contribution is 0.870. The number of alkyl halides is 1. The first-order valence-electron chi connectivity index (χ1n) is 4.57. The van der Waals surface area contributed by atoms with E-state index in [1.165, 1.54) is 0 Å². The fraction of sp³-hybridized carbons (Fsp3) is 0.182. The number of rotatable bonds is 2. The van der Waals surface area contributed by atoms with Crippen molar-refractivity contribution in [1.82, 2.24) is 9.78 Å². The van der Waals surface area contributed by atoms with E-state index in [0.29, 0.717) is 5.88 Å². The molecule has 0 fully saturated rings. The third kappa shape index (κ3) is 2.24. The van der Waals surface area contributed by atoms with Gasteiger partial charge in [0.15, 0.2) is 0 Å². The molecule has 0 saturated heterocycles. The summed E-state index contributed by atoms with van der Waals surface area (Å²) in [6.07, 6.45) is 3.82. The van der Waals surface area contributed by atoms with Crippen LogP contribution in [0.5, 0.6) is 0 Å². The van der Waals surface area contributed by atoms with Crippen molar-refractivity contribution in [2.75, 3.05) is 0 Å². The molecule has 1 heterocycles. The SMILES string of the molecule is Cc1cnn(-c2cc(Br)ccc2CCl)c1. The highest BCUT2D eigenvalue weighted by molar-refractivity contribution is 9.10. The molecule has 1 aromatic heterocycles. The van der Waals surface area contributed by atoms with E-state index < -0.39 is 0 Å². The van der Waals surface area contributed by atoms with E-state index in [2.05, 4.69) is 21.0 Å². The molecule has 78 valence electrons. The molecule has 2 aromatic rings. The Morgan fingerprint density at radius 1 is 1.47 bits per heavy atom. The Kier molecular flexibility index (Phi) is 3.12. The molecule has 0 aliphatic carbocycles. The van der Waals surface area contributed by atoms with Crippen LogP contribution in [0.15, 0.2) is 35.1 Å². The van der Waals surface area contributed by atoms with E-state index in [9.17, 15) is 0 Å². The summed E-state index contributed by atoms with van der Waals surface area (Å²) in [5.41, 5.74) is 3.23. The quantitative estimate of drug-likeness (QED) is 0.770. The van der Waals surface area contributed by atoms with E-state index in [-0.39, 0.29) is 0 Å². The minimum absolute atomic E-state index is 0.488. The monoisotopic (exact) mass is 284 g/mol. The minimum atomic E-state index is 0.488. The van der Waals surface area contributed by atoms with Crippen LogP contribution in [-0.2, 0) is 5.88 Å². The van der Waals surface area contributed by atoms with Crippen LogP contribution in [0.1, 0.15) is 11.1 Å². The van der Waals surface area contributed by atoms with Gasteiger partial charge in [0.05, 0.1) is 11.9 Å². The molecular weight excluding hydrogens is 275 g/mol. The zero-order chi connectivity index (χ0) is 10.8. The van der Waals surface area contributed by atoms with E-state index in [0.717, 1.165) is 21.3 Å². The lowest BCUT2D eigenvalue weighted by Gasteiger charge is -2.07. The third-order valence-corrected chi connectivity index (χ3v) is 2.93. The van der Waals surface area contributed by atoms with Gasteiger partial charge in [0.25, 0.3) is 0 Å². The maximum Gasteiger partial charge on any atom is 0.0700 e. The van der Waals surface area contributed by atoms with Gasteiger partial charge in [-0.15, -0.1) is 11.6 Å². The van der Waals surface area contributed by atoms with Crippen molar-refractivity contribution in [3.8, 4) is 5.69 Å². The van der Waals surface area contributed by atoms with Crippen LogP contribution in [0.3, 0.4) is 0 Å². The van der Waals surface area contributed by atoms with Gasteiger partial charge in [-0.25, -0.2) is 4.68 Å². The van der Waals surface area contributed by atoms with Gasteiger partial charge < -0.3 is 0 Å². The van der Waals surface area contributed by atoms with Gasteiger partial charge in [-0.3, -0.25) is 0 Å². The Hall–Kier alpha value is -0.800. The Balaban J connectivity index is 2.55. The Bertz CT molecular complexity index is 479. The van der Waals surface area contributed by atoms with E-state index in [1.54, 1.807) is 0 Å². The van der Waals surface area contributed by atoms with Crippen molar-refractivity contribution >= 4 is 27.5 Å². The topological polar surface area (TPSA) is 17.8 Å². The van der Waals surface area contributed by atoms with Crippen molar-refractivity contribution in [2.45, 2.75) is 12.8 Å². The van der Waals surface area contributed by atoms with Crippen LogP contribution < -0.4 is 0 Å². The van der Waals surface area contributed by atoms with Gasteiger partial charge in [-0.1, -0.05) is 22.0 Å². The number of benzene rings is 1. The van der Waals surface area contributed by atoms with Crippen molar-refractivity contribution in [3.05, 3.63) is 46.2 Å². The first kappa shape index (κ1) is 10.7. The average molecular weight is 286 g/mol. The number of halogens is 2. The molecule has 0 bridgehead atoms. The summed E-state index contributed by atoms with van der Waals surface area (Å²) in [7, 11) is 0. The summed E-state index contributed by atoms with van der Waals surface area (Å²) in [5.74, 6) is 0.488. The van der Waals surface area contributed by atoms with Gasteiger partial charge >= 0.3 is 0 Å². The fourth-order valence-corrected chi connectivity index (χ4v) is 1.98. The molecule has 4 heteroatoms. The summed E-state index contributed by atoms with van der Waals surface area (Å²) in [6, 6.07) is 6.01. The van der Waals surface area contributed by atoms with E-state index in [4.69, 9.17) is 11.6 Å². The predicted octanol–water partition coefficient (Wildman–Crippen LogP) is 3.68. The van der Waals surface area contributed by atoms with Crippen LogP contribution >= 0.6 is 27.5 Å².